The highest BCUT2D eigenvalue weighted by atomic mass is 32.1. The monoisotopic (exact) mass is 396 g/mol. The lowest BCUT2D eigenvalue weighted by Gasteiger charge is -2.42. The van der Waals surface area contributed by atoms with Crippen LogP contribution in [-0.4, -0.2) is 51.6 Å². The van der Waals surface area contributed by atoms with Crippen LogP contribution in [0.15, 0.2) is 35.5 Å². The van der Waals surface area contributed by atoms with E-state index < -0.39 is 0 Å². The second-order valence-electron chi connectivity index (χ2n) is 8.02. The minimum Gasteiger partial charge on any atom is -0.354 e. The fraction of sp³-hybridized carbons (Fsp3) is 0.450. The smallest absolute Gasteiger partial charge is 0.261 e. The first-order valence-corrected chi connectivity index (χ1v) is 10.5. The minimum absolute atomic E-state index is 0.0775. The molecule has 1 saturated heterocycles. The molecule has 3 aromatic rings. The molecule has 146 valence electrons. The summed E-state index contributed by atoms with van der Waals surface area (Å²) in [7, 11) is 4.05. The number of aromatic nitrogens is 4. The molecule has 0 saturated carbocycles. The zero-order valence-electron chi connectivity index (χ0n) is 16.1. The molecule has 0 aromatic carbocycles. The maximum atomic E-state index is 13.1. The van der Waals surface area contributed by atoms with Crippen molar-refractivity contribution in [1.29, 1.82) is 0 Å². The molecular weight excluding hydrogens is 372 g/mol. The molecule has 0 radical (unpaired) electrons. The van der Waals surface area contributed by atoms with Gasteiger partial charge in [0, 0.05) is 75.4 Å². The van der Waals surface area contributed by atoms with E-state index in [9.17, 15) is 4.79 Å². The maximum Gasteiger partial charge on any atom is 0.261 e. The quantitative estimate of drug-likeness (QED) is 0.733. The molecule has 28 heavy (non-hydrogen) atoms. The number of H-pyrrole nitrogens is 1. The van der Waals surface area contributed by atoms with Gasteiger partial charge in [-0.1, -0.05) is 0 Å². The van der Waals surface area contributed by atoms with Crippen LogP contribution < -0.4 is 10.5 Å². The average Bonchev–Trinajstić information content (AvgIpc) is 3.35. The van der Waals surface area contributed by atoms with Crippen LogP contribution in [-0.2, 0) is 13.1 Å². The van der Waals surface area contributed by atoms with Gasteiger partial charge in [-0.05, 0) is 24.5 Å². The Morgan fingerprint density at radius 2 is 2.14 bits per heavy atom. The fourth-order valence-corrected chi connectivity index (χ4v) is 5.44. The van der Waals surface area contributed by atoms with Gasteiger partial charge in [0.05, 0.1) is 5.56 Å². The predicted molar refractivity (Wildman–Crippen MR) is 111 cm³/mol. The van der Waals surface area contributed by atoms with Crippen molar-refractivity contribution < 1.29 is 0 Å². The van der Waals surface area contributed by atoms with Crippen LogP contribution in [0.1, 0.15) is 22.9 Å². The van der Waals surface area contributed by atoms with Crippen molar-refractivity contribution in [3.63, 3.8) is 0 Å². The Morgan fingerprint density at radius 1 is 1.25 bits per heavy atom. The van der Waals surface area contributed by atoms with Crippen LogP contribution in [0.5, 0.6) is 0 Å². The number of thiazole rings is 1. The molecule has 3 aromatic heterocycles. The van der Waals surface area contributed by atoms with E-state index in [0.717, 1.165) is 31.3 Å². The summed E-state index contributed by atoms with van der Waals surface area (Å²) in [6.45, 7) is 3.75. The molecule has 2 atom stereocenters. The standard InChI is InChI=1S/C20H24N6OS/c1-24(2)20-23-8-15(28-20)12-25-9-13-7-14(11-25)17-4-3-16(18-21-5-6-22-18)19(27)26(17)10-13/h3-6,8,13-14H,7,9-12H2,1-2H3,(H,21,22)/t13-,14+/m0/s1. The molecule has 0 unspecified atom stereocenters. The molecule has 2 bridgehead atoms. The summed E-state index contributed by atoms with van der Waals surface area (Å²) in [5.41, 5.74) is 1.90. The van der Waals surface area contributed by atoms with E-state index in [1.807, 2.05) is 30.9 Å². The summed E-state index contributed by atoms with van der Waals surface area (Å²) in [6, 6.07) is 4.05. The van der Waals surface area contributed by atoms with E-state index >= 15 is 0 Å². The predicted octanol–water partition coefficient (Wildman–Crippen LogP) is 2.38. The van der Waals surface area contributed by atoms with Crippen molar-refractivity contribution in [2.75, 3.05) is 32.1 Å². The third-order valence-electron chi connectivity index (χ3n) is 5.74. The third-order valence-corrected chi connectivity index (χ3v) is 6.89. The van der Waals surface area contributed by atoms with Gasteiger partial charge in [-0.2, -0.15) is 0 Å². The van der Waals surface area contributed by atoms with Gasteiger partial charge in [0.15, 0.2) is 5.13 Å². The van der Waals surface area contributed by atoms with Gasteiger partial charge in [-0.25, -0.2) is 9.97 Å². The molecule has 2 aliphatic heterocycles. The number of pyridine rings is 1. The Balaban J connectivity index is 1.39. The van der Waals surface area contributed by atoms with Crippen molar-refractivity contribution in [1.82, 2.24) is 24.4 Å². The number of piperidine rings is 1. The molecule has 5 heterocycles. The number of aromatic amines is 1. The molecule has 5 rings (SSSR count). The van der Waals surface area contributed by atoms with Gasteiger partial charge in [0.25, 0.3) is 5.56 Å². The lowest BCUT2D eigenvalue weighted by Crippen LogP contribution is -2.46. The number of likely N-dealkylation sites (tertiary alicyclic amines) is 1. The zero-order chi connectivity index (χ0) is 19.3. The summed E-state index contributed by atoms with van der Waals surface area (Å²) >= 11 is 1.76. The Labute approximate surface area is 167 Å². The van der Waals surface area contributed by atoms with E-state index in [0.29, 0.717) is 23.2 Å². The SMILES string of the molecule is CN(C)c1ncc(CN2C[C@@H]3C[C@H](C2)c2ccc(-c4ncc[nH]4)c(=O)n2C3)s1. The summed E-state index contributed by atoms with van der Waals surface area (Å²) < 4.78 is 1.99. The van der Waals surface area contributed by atoms with Gasteiger partial charge in [-0.3, -0.25) is 9.69 Å². The number of hydrogen-bond acceptors (Lipinski definition) is 6. The maximum absolute atomic E-state index is 13.1. The Hall–Kier alpha value is -2.45. The number of nitrogens with zero attached hydrogens (tertiary/aromatic N) is 5. The van der Waals surface area contributed by atoms with Crippen molar-refractivity contribution >= 4 is 16.5 Å². The lowest BCUT2D eigenvalue weighted by atomic mass is 9.83. The molecule has 1 fully saturated rings. The van der Waals surface area contributed by atoms with E-state index in [4.69, 9.17) is 0 Å². The van der Waals surface area contributed by atoms with Crippen molar-refractivity contribution in [2.45, 2.75) is 25.4 Å². The van der Waals surface area contributed by atoms with Gasteiger partial charge >= 0.3 is 0 Å². The fourth-order valence-electron chi connectivity index (χ4n) is 4.56. The molecule has 1 N–H and O–H groups in total. The number of nitrogens with one attached hydrogen (secondary N) is 1. The Kier molecular flexibility index (Phi) is 4.32. The largest absolute Gasteiger partial charge is 0.354 e. The minimum atomic E-state index is 0.0775. The molecule has 2 aliphatic rings. The highest BCUT2D eigenvalue weighted by molar-refractivity contribution is 7.15. The summed E-state index contributed by atoms with van der Waals surface area (Å²) in [5, 5.41) is 1.05. The molecule has 0 spiro atoms. The Morgan fingerprint density at radius 3 is 2.89 bits per heavy atom. The number of fused-ring (bicyclic) bond motifs is 4. The average molecular weight is 397 g/mol. The van der Waals surface area contributed by atoms with E-state index in [1.54, 1.807) is 23.7 Å². The third kappa shape index (κ3) is 3.06. The van der Waals surface area contributed by atoms with Crippen LogP contribution in [0.2, 0.25) is 0 Å². The first kappa shape index (κ1) is 17.6. The van der Waals surface area contributed by atoms with Crippen LogP contribution >= 0.6 is 11.3 Å². The van der Waals surface area contributed by atoms with Gasteiger partial charge in [-0.15, -0.1) is 11.3 Å². The van der Waals surface area contributed by atoms with Gasteiger partial charge < -0.3 is 14.5 Å². The number of hydrogen-bond donors (Lipinski definition) is 1. The first-order chi connectivity index (χ1) is 13.6. The normalized spacial score (nSPS) is 21.5. The van der Waals surface area contributed by atoms with Gasteiger partial charge in [0.1, 0.15) is 5.82 Å². The second kappa shape index (κ2) is 6.86. The molecule has 0 amide bonds. The molecule has 0 aliphatic carbocycles. The van der Waals surface area contributed by atoms with Crippen LogP contribution in [0.25, 0.3) is 11.4 Å². The van der Waals surface area contributed by atoms with Crippen LogP contribution in [0.3, 0.4) is 0 Å². The second-order valence-corrected chi connectivity index (χ2v) is 9.12. The Bertz CT molecular complexity index is 1040. The highest BCUT2D eigenvalue weighted by Gasteiger charge is 2.35. The first-order valence-electron chi connectivity index (χ1n) is 9.66. The molecule has 7 nitrogen and oxygen atoms in total. The van der Waals surface area contributed by atoms with Crippen LogP contribution in [0.4, 0.5) is 5.13 Å². The van der Waals surface area contributed by atoms with Crippen molar-refractivity contribution in [3.05, 3.63) is 51.6 Å². The topological polar surface area (TPSA) is 70.1 Å². The molecular formula is C20H24N6OS. The lowest BCUT2D eigenvalue weighted by molar-refractivity contribution is 0.115. The summed E-state index contributed by atoms with van der Waals surface area (Å²) in [4.78, 5) is 30.8. The highest BCUT2D eigenvalue weighted by Crippen LogP contribution is 2.36. The van der Waals surface area contributed by atoms with E-state index in [1.165, 1.54) is 17.0 Å². The zero-order valence-corrected chi connectivity index (χ0v) is 16.9. The number of rotatable bonds is 4. The summed E-state index contributed by atoms with van der Waals surface area (Å²) in [5.74, 6) is 1.57. The van der Waals surface area contributed by atoms with E-state index in [-0.39, 0.29) is 5.56 Å². The van der Waals surface area contributed by atoms with Crippen LogP contribution in [0, 0.1) is 5.92 Å². The van der Waals surface area contributed by atoms with Gasteiger partial charge in [0.2, 0.25) is 0 Å². The van der Waals surface area contributed by atoms with Crippen molar-refractivity contribution in [3.8, 4) is 11.4 Å². The molecule has 8 heteroatoms. The summed E-state index contributed by atoms with van der Waals surface area (Å²) in [6.07, 6.45) is 6.61. The van der Waals surface area contributed by atoms with Crippen molar-refractivity contribution in [2.24, 2.45) is 5.92 Å². The van der Waals surface area contributed by atoms with E-state index in [2.05, 4.69) is 30.8 Å². The number of anilines is 1. The number of imidazole rings is 1.